The molecule has 0 spiro atoms. The molecular weight excluding hydrogens is 296 g/mol. The summed E-state index contributed by atoms with van der Waals surface area (Å²) in [5.41, 5.74) is 0.0240. The van der Waals surface area contributed by atoms with Crippen molar-refractivity contribution in [2.24, 2.45) is 0 Å². The summed E-state index contributed by atoms with van der Waals surface area (Å²) in [4.78, 5) is 25.5. The van der Waals surface area contributed by atoms with Crippen LogP contribution in [0.4, 0.5) is 0 Å². The van der Waals surface area contributed by atoms with Crippen LogP contribution in [0.1, 0.15) is 0 Å². The topological polar surface area (TPSA) is 82.9 Å². The molecule has 0 aliphatic heterocycles. The predicted molar refractivity (Wildman–Crippen MR) is 83.0 cm³/mol. The summed E-state index contributed by atoms with van der Waals surface area (Å²) in [5, 5.41) is 7.37. The van der Waals surface area contributed by atoms with Crippen LogP contribution in [0.2, 0.25) is 0 Å². The largest absolute Gasteiger partial charge is 0.342 e. The quantitative estimate of drug-likeness (QED) is 0.561. The second-order valence-corrected chi connectivity index (χ2v) is 4.87. The first-order valence-corrected chi connectivity index (χ1v) is 6.88. The number of rotatable bonds is 2. The number of hydrogen-bond donors (Lipinski definition) is 0. The minimum atomic E-state index is -0.565. The van der Waals surface area contributed by atoms with Crippen molar-refractivity contribution in [2.75, 3.05) is 0 Å². The minimum absolute atomic E-state index is 0.00249. The lowest BCUT2D eigenvalue weighted by atomic mass is 10.3. The maximum atomic E-state index is 12.9. The van der Waals surface area contributed by atoms with Gasteiger partial charge in [-0.3, -0.25) is 4.79 Å². The summed E-state index contributed by atoms with van der Waals surface area (Å²) in [6.07, 6.45) is 0. The zero-order valence-electron chi connectivity index (χ0n) is 11.8. The van der Waals surface area contributed by atoms with Crippen LogP contribution < -0.4 is 11.2 Å². The molecule has 2 aromatic carbocycles. The number of benzene rings is 2. The van der Waals surface area contributed by atoms with E-state index in [9.17, 15) is 9.59 Å². The first-order chi connectivity index (χ1) is 11.3. The van der Waals surface area contributed by atoms with Gasteiger partial charge in [0, 0.05) is 0 Å². The maximum Gasteiger partial charge on any atom is 0.342 e. The molecule has 0 N–H and O–H groups in total. The monoisotopic (exact) mass is 306 g/mol. The Hall–Kier alpha value is -3.48. The van der Waals surface area contributed by atoms with E-state index >= 15 is 0 Å². The SMILES string of the molecule is O=c1c2nonc2n(-c2ccccc2)c(=O)n1-c1ccccc1. The molecule has 0 bridgehead atoms. The molecule has 0 radical (unpaired) electrons. The van der Waals surface area contributed by atoms with E-state index in [0.29, 0.717) is 11.4 Å². The third-order valence-electron chi connectivity index (χ3n) is 3.50. The summed E-state index contributed by atoms with van der Waals surface area (Å²) < 4.78 is 7.04. The van der Waals surface area contributed by atoms with E-state index in [1.54, 1.807) is 54.6 Å². The summed E-state index contributed by atoms with van der Waals surface area (Å²) in [7, 11) is 0. The molecule has 2 heterocycles. The molecular formula is C16H10N4O3. The van der Waals surface area contributed by atoms with Crippen LogP contribution in [0.5, 0.6) is 0 Å². The van der Waals surface area contributed by atoms with E-state index in [1.165, 1.54) is 4.57 Å². The Morgan fingerprint density at radius 2 is 1.30 bits per heavy atom. The van der Waals surface area contributed by atoms with Gasteiger partial charge in [-0.2, -0.15) is 0 Å². The number of fused-ring (bicyclic) bond motifs is 1. The average Bonchev–Trinajstić information content (AvgIpc) is 3.07. The van der Waals surface area contributed by atoms with Crippen LogP contribution in [0.15, 0.2) is 74.9 Å². The van der Waals surface area contributed by atoms with Gasteiger partial charge in [-0.05, 0) is 34.6 Å². The van der Waals surface area contributed by atoms with Crippen molar-refractivity contribution in [3.8, 4) is 11.4 Å². The highest BCUT2D eigenvalue weighted by Crippen LogP contribution is 2.11. The smallest absolute Gasteiger partial charge is 0.266 e. The molecule has 7 heteroatoms. The summed E-state index contributed by atoms with van der Waals surface area (Å²) >= 11 is 0. The molecule has 4 rings (SSSR count). The van der Waals surface area contributed by atoms with Gasteiger partial charge in [0.25, 0.3) is 5.56 Å². The Morgan fingerprint density at radius 1 is 0.739 bits per heavy atom. The van der Waals surface area contributed by atoms with Crippen LogP contribution in [-0.2, 0) is 0 Å². The van der Waals surface area contributed by atoms with Gasteiger partial charge in [0.05, 0.1) is 11.4 Å². The highest BCUT2D eigenvalue weighted by atomic mass is 16.6. The van der Waals surface area contributed by atoms with Crippen molar-refractivity contribution in [1.82, 2.24) is 19.4 Å². The van der Waals surface area contributed by atoms with Gasteiger partial charge >= 0.3 is 5.69 Å². The number of nitrogens with zero attached hydrogens (tertiary/aromatic N) is 4. The minimum Gasteiger partial charge on any atom is -0.266 e. The van der Waals surface area contributed by atoms with Gasteiger partial charge in [-0.1, -0.05) is 36.4 Å². The van der Waals surface area contributed by atoms with Crippen molar-refractivity contribution in [1.29, 1.82) is 0 Å². The van der Waals surface area contributed by atoms with Crippen LogP contribution in [-0.4, -0.2) is 19.4 Å². The van der Waals surface area contributed by atoms with E-state index in [2.05, 4.69) is 14.9 Å². The van der Waals surface area contributed by atoms with Crippen molar-refractivity contribution in [3.05, 3.63) is 81.5 Å². The maximum absolute atomic E-state index is 12.9. The second kappa shape index (κ2) is 5.06. The molecule has 0 amide bonds. The average molecular weight is 306 g/mol. The Bertz CT molecular complexity index is 1100. The highest BCUT2D eigenvalue weighted by molar-refractivity contribution is 5.70. The third-order valence-corrected chi connectivity index (χ3v) is 3.50. The fourth-order valence-corrected chi connectivity index (χ4v) is 2.46. The lowest BCUT2D eigenvalue weighted by Gasteiger charge is -2.10. The van der Waals surface area contributed by atoms with E-state index in [4.69, 9.17) is 0 Å². The van der Waals surface area contributed by atoms with E-state index in [1.807, 2.05) is 6.07 Å². The molecule has 112 valence electrons. The first-order valence-electron chi connectivity index (χ1n) is 6.88. The van der Waals surface area contributed by atoms with Crippen LogP contribution in [0, 0.1) is 0 Å². The first kappa shape index (κ1) is 13.2. The molecule has 23 heavy (non-hydrogen) atoms. The molecule has 0 atom stereocenters. The second-order valence-electron chi connectivity index (χ2n) is 4.87. The Kier molecular flexibility index (Phi) is 2.90. The van der Waals surface area contributed by atoms with E-state index in [0.717, 1.165) is 4.57 Å². The van der Waals surface area contributed by atoms with Crippen LogP contribution in [0.25, 0.3) is 22.5 Å². The molecule has 0 fully saturated rings. The highest BCUT2D eigenvalue weighted by Gasteiger charge is 2.19. The summed E-state index contributed by atoms with van der Waals surface area (Å²) in [6, 6.07) is 17.6. The zero-order valence-corrected chi connectivity index (χ0v) is 11.8. The van der Waals surface area contributed by atoms with Gasteiger partial charge < -0.3 is 0 Å². The molecule has 0 saturated heterocycles. The summed E-state index contributed by atoms with van der Waals surface area (Å²) in [5.74, 6) is 0. The Morgan fingerprint density at radius 3 is 1.91 bits per heavy atom. The molecule has 0 aliphatic rings. The predicted octanol–water partition coefficient (Wildman–Crippen LogP) is 1.52. The standard InChI is InChI=1S/C16H10N4O3/c21-15-13-14(18-23-17-13)19(11-7-3-1-4-8-11)16(22)20(15)12-9-5-2-6-10-12/h1-10H. The fraction of sp³-hybridized carbons (Fsp3) is 0. The van der Waals surface area contributed by atoms with Crippen LogP contribution >= 0.6 is 0 Å². The van der Waals surface area contributed by atoms with E-state index < -0.39 is 11.2 Å². The normalized spacial score (nSPS) is 11.0. The molecule has 0 unspecified atom stereocenters. The molecule has 7 nitrogen and oxygen atoms in total. The molecule has 2 aromatic heterocycles. The molecule has 0 aliphatic carbocycles. The Balaban J connectivity index is 2.18. The van der Waals surface area contributed by atoms with Gasteiger partial charge in [-0.15, -0.1) is 0 Å². The van der Waals surface area contributed by atoms with Gasteiger partial charge in [0.1, 0.15) is 0 Å². The number of para-hydroxylation sites is 2. The lowest BCUT2D eigenvalue weighted by Crippen LogP contribution is -2.38. The van der Waals surface area contributed by atoms with E-state index in [-0.39, 0.29) is 11.2 Å². The van der Waals surface area contributed by atoms with Gasteiger partial charge in [0.15, 0.2) is 0 Å². The van der Waals surface area contributed by atoms with Crippen LogP contribution in [0.3, 0.4) is 0 Å². The lowest BCUT2D eigenvalue weighted by molar-refractivity contribution is 0.314. The van der Waals surface area contributed by atoms with Gasteiger partial charge in [0.2, 0.25) is 11.2 Å². The molecule has 0 saturated carbocycles. The van der Waals surface area contributed by atoms with Crippen molar-refractivity contribution < 1.29 is 4.63 Å². The number of aromatic nitrogens is 4. The van der Waals surface area contributed by atoms with Gasteiger partial charge in [-0.25, -0.2) is 18.6 Å². The number of hydrogen-bond acceptors (Lipinski definition) is 5. The fourth-order valence-electron chi connectivity index (χ4n) is 2.46. The Labute approximate surface area is 129 Å². The third kappa shape index (κ3) is 1.98. The van der Waals surface area contributed by atoms with Crippen molar-refractivity contribution in [2.45, 2.75) is 0 Å². The molecule has 4 aromatic rings. The van der Waals surface area contributed by atoms with Crippen molar-refractivity contribution in [3.63, 3.8) is 0 Å². The van der Waals surface area contributed by atoms with Crippen molar-refractivity contribution >= 4 is 11.2 Å². The summed E-state index contributed by atoms with van der Waals surface area (Å²) in [6.45, 7) is 0. The zero-order chi connectivity index (χ0) is 15.8.